The molecule has 2 aromatic heterocycles. The Bertz CT molecular complexity index is 745. The number of carbonyl (C=O) groups is 1. The van der Waals surface area contributed by atoms with Crippen LogP contribution in [-0.4, -0.2) is 63.6 Å². The van der Waals surface area contributed by atoms with Gasteiger partial charge >= 0.3 is 0 Å². The fourth-order valence-corrected chi connectivity index (χ4v) is 2.81. The molecule has 1 atom stereocenters. The van der Waals surface area contributed by atoms with E-state index in [0.29, 0.717) is 36.2 Å². The minimum atomic E-state index is -0.120. The zero-order chi connectivity index (χ0) is 18.0. The summed E-state index contributed by atoms with van der Waals surface area (Å²) in [6, 6.07) is 3.37. The SMILES string of the molecule is Cc1noc([C@@H]2CN(C(=O)c3cccnc3OC(C)C)CCN2C)n1. The van der Waals surface area contributed by atoms with Gasteiger partial charge in [-0.15, -0.1) is 0 Å². The van der Waals surface area contributed by atoms with Crippen LogP contribution >= 0.6 is 0 Å². The predicted octanol–water partition coefficient (Wildman–Crippen LogP) is 1.69. The van der Waals surface area contributed by atoms with Gasteiger partial charge < -0.3 is 14.2 Å². The van der Waals surface area contributed by atoms with Gasteiger partial charge in [-0.05, 0) is 40.0 Å². The van der Waals surface area contributed by atoms with Crippen molar-refractivity contribution in [2.24, 2.45) is 0 Å². The number of rotatable bonds is 4. The van der Waals surface area contributed by atoms with Gasteiger partial charge in [0.2, 0.25) is 11.8 Å². The molecule has 0 N–H and O–H groups in total. The quantitative estimate of drug-likeness (QED) is 0.833. The van der Waals surface area contributed by atoms with Gasteiger partial charge in [-0.25, -0.2) is 4.98 Å². The van der Waals surface area contributed by atoms with Gasteiger partial charge in [0.15, 0.2) is 5.82 Å². The Labute approximate surface area is 146 Å². The molecule has 3 heterocycles. The average molecular weight is 345 g/mol. The number of hydrogen-bond acceptors (Lipinski definition) is 7. The second-order valence-corrected chi connectivity index (χ2v) is 6.45. The van der Waals surface area contributed by atoms with Crippen LogP contribution in [0.5, 0.6) is 5.88 Å². The van der Waals surface area contributed by atoms with E-state index in [1.807, 2.05) is 20.9 Å². The lowest BCUT2D eigenvalue weighted by molar-refractivity contribution is 0.0483. The summed E-state index contributed by atoms with van der Waals surface area (Å²) in [5.74, 6) is 1.39. The molecule has 0 saturated carbocycles. The Balaban J connectivity index is 1.81. The molecule has 8 nitrogen and oxygen atoms in total. The lowest BCUT2D eigenvalue weighted by Crippen LogP contribution is -2.49. The number of pyridine rings is 1. The van der Waals surface area contributed by atoms with Crippen molar-refractivity contribution < 1.29 is 14.1 Å². The van der Waals surface area contributed by atoms with Gasteiger partial charge in [-0.3, -0.25) is 9.69 Å². The molecule has 0 spiro atoms. The lowest BCUT2D eigenvalue weighted by Gasteiger charge is -2.37. The maximum Gasteiger partial charge on any atom is 0.259 e. The molecule has 0 aliphatic carbocycles. The Morgan fingerprint density at radius 2 is 2.20 bits per heavy atom. The van der Waals surface area contributed by atoms with Crippen molar-refractivity contribution in [1.29, 1.82) is 0 Å². The first-order chi connectivity index (χ1) is 12.0. The van der Waals surface area contributed by atoms with Gasteiger partial charge in [0.05, 0.1) is 6.10 Å². The number of ether oxygens (including phenoxy) is 1. The summed E-state index contributed by atoms with van der Waals surface area (Å²) in [5, 5.41) is 3.85. The Morgan fingerprint density at radius 1 is 1.40 bits per heavy atom. The molecule has 0 bridgehead atoms. The molecule has 0 unspecified atom stereocenters. The van der Waals surface area contributed by atoms with Crippen molar-refractivity contribution in [2.75, 3.05) is 26.7 Å². The van der Waals surface area contributed by atoms with E-state index in [4.69, 9.17) is 9.26 Å². The first-order valence-electron chi connectivity index (χ1n) is 8.37. The van der Waals surface area contributed by atoms with E-state index in [-0.39, 0.29) is 18.1 Å². The van der Waals surface area contributed by atoms with Gasteiger partial charge in [-0.1, -0.05) is 5.16 Å². The zero-order valence-corrected chi connectivity index (χ0v) is 15.0. The summed E-state index contributed by atoms with van der Waals surface area (Å²) in [6.07, 6.45) is 1.57. The van der Waals surface area contributed by atoms with Crippen LogP contribution in [0.3, 0.4) is 0 Å². The minimum absolute atomic E-state index is 0.0527. The fraction of sp³-hybridized carbons (Fsp3) is 0.529. The molecule has 25 heavy (non-hydrogen) atoms. The molecular weight excluding hydrogens is 322 g/mol. The van der Waals surface area contributed by atoms with E-state index in [9.17, 15) is 4.79 Å². The molecule has 1 fully saturated rings. The van der Waals surface area contributed by atoms with Crippen LogP contribution < -0.4 is 4.74 Å². The Kier molecular flexibility index (Phi) is 4.98. The van der Waals surface area contributed by atoms with Gasteiger partial charge in [0.25, 0.3) is 5.91 Å². The van der Waals surface area contributed by atoms with Crippen molar-refractivity contribution >= 4 is 5.91 Å². The molecule has 1 aliphatic rings. The molecule has 1 saturated heterocycles. The highest BCUT2D eigenvalue weighted by Gasteiger charge is 2.33. The number of aryl methyl sites for hydroxylation is 1. The summed E-state index contributed by atoms with van der Waals surface area (Å²) < 4.78 is 11.0. The van der Waals surface area contributed by atoms with Crippen LogP contribution in [0.1, 0.15) is 42.0 Å². The molecule has 2 aromatic rings. The van der Waals surface area contributed by atoms with Crippen molar-refractivity contribution in [3.8, 4) is 5.88 Å². The highest BCUT2D eigenvalue weighted by atomic mass is 16.5. The number of amides is 1. The van der Waals surface area contributed by atoms with Crippen molar-refractivity contribution in [3.05, 3.63) is 35.6 Å². The van der Waals surface area contributed by atoms with Gasteiger partial charge in [0.1, 0.15) is 11.6 Å². The summed E-state index contributed by atoms with van der Waals surface area (Å²) >= 11 is 0. The van der Waals surface area contributed by atoms with E-state index in [0.717, 1.165) is 6.54 Å². The number of hydrogen-bond donors (Lipinski definition) is 0. The van der Waals surface area contributed by atoms with Crippen LogP contribution in [0.25, 0.3) is 0 Å². The van der Waals surface area contributed by atoms with Crippen molar-refractivity contribution in [1.82, 2.24) is 24.9 Å². The third-order valence-electron chi connectivity index (χ3n) is 4.11. The van der Waals surface area contributed by atoms with Crippen molar-refractivity contribution in [3.63, 3.8) is 0 Å². The molecule has 3 rings (SSSR count). The van der Waals surface area contributed by atoms with Crippen LogP contribution in [0.2, 0.25) is 0 Å². The number of aromatic nitrogens is 3. The summed E-state index contributed by atoms with van der Waals surface area (Å²) in [6.45, 7) is 7.42. The van der Waals surface area contributed by atoms with Crippen LogP contribution in [0.15, 0.2) is 22.9 Å². The van der Waals surface area contributed by atoms with Crippen LogP contribution in [-0.2, 0) is 0 Å². The smallest absolute Gasteiger partial charge is 0.259 e. The topological polar surface area (TPSA) is 84.6 Å². The fourth-order valence-electron chi connectivity index (χ4n) is 2.81. The number of piperazine rings is 1. The van der Waals surface area contributed by atoms with E-state index in [1.165, 1.54) is 0 Å². The summed E-state index contributed by atoms with van der Waals surface area (Å²) in [7, 11) is 1.99. The van der Waals surface area contributed by atoms with E-state index < -0.39 is 0 Å². The van der Waals surface area contributed by atoms with Crippen LogP contribution in [0, 0.1) is 6.92 Å². The zero-order valence-electron chi connectivity index (χ0n) is 15.0. The average Bonchev–Trinajstić information content (AvgIpc) is 3.01. The highest BCUT2D eigenvalue weighted by molar-refractivity contribution is 5.96. The predicted molar refractivity (Wildman–Crippen MR) is 90.3 cm³/mol. The molecule has 0 aromatic carbocycles. The summed E-state index contributed by atoms with van der Waals surface area (Å²) in [5.41, 5.74) is 0.473. The maximum atomic E-state index is 13.0. The third kappa shape index (κ3) is 3.79. The standard InChI is InChI=1S/C17H23N5O3/c1-11(2)24-15-13(6-5-7-18-15)17(23)22-9-8-21(4)14(10-22)16-19-12(3)20-25-16/h5-7,11,14H,8-10H2,1-4H3/t14-/m0/s1. The summed E-state index contributed by atoms with van der Waals surface area (Å²) in [4.78, 5) is 25.4. The first kappa shape index (κ1) is 17.3. The maximum absolute atomic E-state index is 13.0. The number of carbonyl (C=O) groups excluding carboxylic acids is 1. The lowest BCUT2D eigenvalue weighted by atomic mass is 10.1. The Morgan fingerprint density at radius 3 is 2.88 bits per heavy atom. The molecule has 1 amide bonds. The van der Waals surface area contributed by atoms with E-state index in [2.05, 4.69) is 20.0 Å². The molecule has 8 heteroatoms. The minimum Gasteiger partial charge on any atom is -0.474 e. The monoisotopic (exact) mass is 345 g/mol. The van der Waals surface area contributed by atoms with E-state index >= 15 is 0 Å². The second-order valence-electron chi connectivity index (χ2n) is 6.45. The largest absolute Gasteiger partial charge is 0.474 e. The third-order valence-corrected chi connectivity index (χ3v) is 4.11. The normalized spacial score (nSPS) is 18.6. The van der Waals surface area contributed by atoms with Gasteiger partial charge in [-0.2, -0.15) is 4.98 Å². The van der Waals surface area contributed by atoms with Crippen LogP contribution in [0.4, 0.5) is 0 Å². The first-order valence-corrected chi connectivity index (χ1v) is 8.37. The van der Waals surface area contributed by atoms with Crippen molar-refractivity contribution in [2.45, 2.75) is 32.9 Å². The second kappa shape index (κ2) is 7.18. The van der Waals surface area contributed by atoms with Gasteiger partial charge in [0, 0.05) is 25.8 Å². The number of nitrogens with zero attached hydrogens (tertiary/aromatic N) is 5. The molecule has 0 radical (unpaired) electrons. The highest BCUT2D eigenvalue weighted by Crippen LogP contribution is 2.25. The molecule has 134 valence electrons. The molecular formula is C17H23N5O3. The number of likely N-dealkylation sites (N-methyl/N-ethyl adjacent to an activating group) is 1. The van der Waals surface area contributed by atoms with E-state index in [1.54, 1.807) is 30.2 Å². The molecule has 1 aliphatic heterocycles. The Hall–Kier alpha value is -2.48.